The Morgan fingerprint density at radius 1 is 1.24 bits per heavy atom. The van der Waals surface area contributed by atoms with Crippen molar-refractivity contribution in [1.29, 1.82) is 0 Å². The number of carbonyl (C=O) groups excluding carboxylic acids is 1. The Bertz CT molecular complexity index is 577. The van der Waals surface area contributed by atoms with Crippen LogP contribution < -0.4 is 0 Å². The number of furan rings is 1. The maximum atomic E-state index is 11.4. The quantitative estimate of drug-likeness (QED) is 0.765. The van der Waals surface area contributed by atoms with E-state index < -0.39 is 5.97 Å². The van der Waals surface area contributed by atoms with E-state index in [4.69, 9.17) is 4.42 Å². The molecule has 1 aromatic carbocycles. The number of methoxy groups -OCH3 is 1. The van der Waals surface area contributed by atoms with Crippen LogP contribution in [0.2, 0.25) is 0 Å². The molecule has 0 saturated carbocycles. The topological polar surface area (TPSA) is 42.7 Å². The van der Waals surface area contributed by atoms with E-state index in [0.717, 1.165) is 18.7 Å². The monoisotopic (exact) mass is 287 g/mol. The number of esters is 1. The summed E-state index contributed by atoms with van der Waals surface area (Å²) in [4.78, 5) is 13.6. The van der Waals surface area contributed by atoms with E-state index in [2.05, 4.69) is 28.7 Å². The zero-order valence-corrected chi connectivity index (χ0v) is 12.7. The third kappa shape index (κ3) is 3.95. The summed E-state index contributed by atoms with van der Waals surface area (Å²) in [6, 6.07) is 14.0. The van der Waals surface area contributed by atoms with Crippen molar-refractivity contribution >= 4 is 5.97 Å². The van der Waals surface area contributed by atoms with Crippen molar-refractivity contribution in [3.8, 4) is 0 Å². The smallest absolute Gasteiger partial charge is 0.373 e. The maximum absolute atomic E-state index is 11.4. The predicted molar refractivity (Wildman–Crippen MR) is 81.2 cm³/mol. The summed E-state index contributed by atoms with van der Waals surface area (Å²) in [6.07, 6.45) is 0.978. The van der Waals surface area contributed by atoms with Gasteiger partial charge >= 0.3 is 5.97 Å². The molecule has 0 amide bonds. The summed E-state index contributed by atoms with van der Waals surface area (Å²) >= 11 is 0. The minimum absolute atomic E-state index is 0.104. The molecule has 2 rings (SSSR count). The molecular weight excluding hydrogens is 266 g/mol. The Hall–Kier alpha value is -2.07. The van der Waals surface area contributed by atoms with Crippen molar-refractivity contribution < 1.29 is 13.9 Å². The Morgan fingerprint density at radius 3 is 2.62 bits per heavy atom. The fourth-order valence-electron chi connectivity index (χ4n) is 2.15. The number of rotatable bonds is 6. The van der Waals surface area contributed by atoms with Gasteiger partial charge in [-0.25, -0.2) is 4.79 Å². The van der Waals surface area contributed by atoms with Crippen LogP contribution in [0.15, 0.2) is 46.9 Å². The first kappa shape index (κ1) is 15.3. The van der Waals surface area contributed by atoms with Gasteiger partial charge in [0.2, 0.25) is 5.76 Å². The summed E-state index contributed by atoms with van der Waals surface area (Å²) in [5.74, 6) is 0.571. The summed E-state index contributed by atoms with van der Waals surface area (Å²) in [6.45, 7) is 2.98. The van der Waals surface area contributed by atoms with E-state index in [-0.39, 0.29) is 11.8 Å². The van der Waals surface area contributed by atoms with Crippen molar-refractivity contribution in [2.75, 3.05) is 20.7 Å². The first-order valence-corrected chi connectivity index (χ1v) is 7.04. The van der Waals surface area contributed by atoms with Crippen LogP contribution in [0.1, 0.15) is 34.8 Å². The van der Waals surface area contributed by atoms with Crippen LogP contribution in [-0.2, 0) is 11.2 Å². The molecule has 2 aromatic rings. The van der Waals surface area contributed by atoms with Crippen molar-refractivity contribution in [3.63, 3.8) is 0 Å². The van der Waals surface area contributed by atoms with Gasteiger partial charge in [0.05, 0.1) is 13.2 Å². The fourth-order valence-corrected chi connectivity index (χ4v) is 2.15. The first-order valence-electron chi connectivity index (χ1n) is 7.04. The van der Waals surface area contributed by atoms with Crippen molar-refractivity contribution in [1.82, 2.24) is 4.90 Å². The van der Waals surface area contributed by atoms with E-state index in [1.165, 1.54) is 12.7 Å². The lowest BCUT2D eigenvalue weighted by atomic mass is 10.1. The molecule has 0 radical (unpaired) electrons. The second-order valence-electron chi connectivity index (χ2n) is 5.09. The molecule has 4 heteroatoms. The highest BCUT2D eigenvalue weighted by molar-refractivity contribution is 5.86. The third-order valence-corrected chi connectivity index (χ3v) is 3.68. The van der Waals surface area contributed by atoms with Gasteiger partial charge in [-0.2, -0.15) is 0 Å². The van der Waals surface area contributed by atoms with E-state index in [1.807, 2.05) is 31.3 Å². The fraction of sp³-hybridized carbons (Fsp3) is 0.353. The lowest BCUT2D eigenvalue weighted by Gasteiger charge is -2.22. The molecule has 1 heterocycles. The molecule has 0 spiro atoms. The largest absolute Gasteiger partial charge is 0.463 e. The summed E-state index contributed by atoms with van der Waals surface area (Å²) in [5.41, 5.74) is 1.31. The van der Waals surface area contributed by atoms with Gasteiger partial charge in [-0.3, -0.25) is 4.90 Å². The second kappa shape index (κ2) is 7.09. The molecular formula is C17H21NO3. The highest BCUT2D eigenvalue weighted by Crippen LogP contribution is 2.22. The summed E-state index contributed by atoms with van der Waals surface area (Å²) < 4.78 is 10.2. The van der Waals surface area contributed by atoms with Gasteiger partial charge in [-0.15, -0.1) is 0 Å². The molecule has 0 bridgehead atoms. The molecule has 1 aromatic heterocycles. The highest BCUT2D eigenvalue weighted by atomic mass is 16.5. The van der Waals surface area contributed by atoms with Gasteiger partial charge in [-0.1, -0.05) is 30.3 Å². The molecule has 0 aliphatic heterocycles. The number of hydrogen-bond acceptors (Lipinski definition) is 4. The standard InChI is InChI=1S/C17H21NO3/c1-13(15-9-10-16(21-15)17(19)20-3)18(2)12-11-14-7-5-4-6-8-14/h4-10,13H,11-12H2,1-3H3. The Morgan fingerprint density at radius 2 is 1.95 bits per heavy atom. The Kier molecular flexibility index (Phi) is 5.17. The van der Waals surface area contributed by atoms with Crippen molar-refractivity contribution in [2.45, 2.75) is 19.4 Å². The normalized spacial score (nSPS) is 12.4. The Balaban J connectivity index is 1.94. The number of hydrogen-bond donors (Lipinski definition) is 0. The highest BCUT2D eigenvalue weighted by Gasteiger charge is 2.18. The summed E-state index contributed by atoms with van der Waals surface area (Å²) in [7, 11) is 3.40. The van der Waals surface area contributed by atoms with E-state index in [9.17, 15) is 4.79 Å². The number of benzene rings is 1. The van der Waals surface area contributed by atoms with Crippen LogP contribution >= 0.6 is 0 Å². The molecule has 0 aliphatic rings. The van der Waals surface area contributed by atoms with Crippen LogP contribution in [0.3, 0.4) is 0 Å². The number of likely N-dealkylation sites (N-methyl/N-ethyl adjacent to an activating group) is 1. The minimum atomic E-state index is -0.444. The average molecular weight is 287 g/mol. The van der Waals surface area contributed by atoms with Crippen LogP contribution in [0.25, 0.3) is 0 Å². The number of carbonyl (C=O) groups is 1. The third-order valence-electron chi connectivity index (χ3n) is 3.68. The van der Waals surface area contributed by atoms with Gasteiger partial charge in [0, 0.05) is 6.54 Å². The molecule has 0 fully saturated rings. The lowest BCUT2D eigenvalue weighted by Crippen LogP contribution is -2.24. The van der Waals surface area contributed by atoms with Crippen molar-refractivity contribution in [2.24, 2.45) is 0 Å². The molecule has 4 nitrogen and oxygen atoms in total. The van der Waals surface area contributed by atoms with Gasteiger partial charge in [-0.05, 0) is 38.1 Å². The van der Waals surface area contributed by atoms with Crippen LogP contribution in [0.5, 0.6) is 0 Å². The number of nitrogens with zero attached hydrogens (tertiary/aromatic N) is 1. The molecule has 112 valence electrons. The SMILES string of the molecule is COC(=O)c1ccc(C(C)N(C)CCc2ccccc2)o1. The number of ether oxygens (including phenoxy) is 1. The van der Waals surface area contributed by atoms with E-state index in [0.29, 0.717) is 0 Å². The maximum Gasteiger partial charge on any atom is 0.373 e. The van der Waals surface area contributed by atoms with Crippen molar-refractivity contribution in [3.05, 3.63) is 59.5 Å². The predicted octanol–water partition coefficient (Wildman–Crippen LogP) is 3.30. The molecule has 0 aliphatic carbocycles. The van der Waals surface area contributed by atoms with Gasteiger partial charge < -0.3 is 9.15 Å². The second-order valence-corrected chi connectivity index (χ2v) is 5.09. The van der Waals surface area contributed by atoms with E-state index in [1.54, 1.807) is 6.07 Å². The van der Waals surface area contributed by atoms with Gasteiger partial charge in [0.1, 0.15) is 5.76 Å². The Labute approximate surface area is 125 Å². The first-order chi connectivity index (χ1) is 10.1. The zero-order chi connectivity index (χ0) is 15.2. The minimum Gasteiger partial charge on any atom is -0.463 e. The van der Waals surface area contributed by atoms with Gasteiger partial charge in [0.15, 0.2) is 0 Å². The molecule has 0 N–H and O–H groups in total. The zero-order valence-electron chi connectivity index (χ0n) is 12.7. The van der Waals surface area contributed by atoms with E-state index >= 15 is 0 Å². The lowest BCUT2D eigenvalue weighted by molar-refractivity contribution is 0.0560. The van der Waals surface area contributed by atoms with Crippen LogP contribution in [0.4, 0.5) is 0 Å². The summed E-state index contributed by atoms with van der Waals surface area (Å²) in [5, 5.41) is 0. The molecule has 21 heavy (non-hydrogen) atoms. The molecule has 1 unspecified atom stereocenters. The molecule has 0 saturated heterocycles. The van der Waals surface area contributed by atoms with Crippen LogP contribution in [0, 0.1) is 0 Å². The average Bonchev–Trinajstić information content (AvgIpc) is 3.02. The molecule has 1 atom stereocenters. The van der Waals surface area contributed by atoms with Crippen LogP contribution in [-0.4, -0.2) is 31.6 Å². The van der Waals surface area contributed by atoms with Gasteiger partial charge in [0.25, 0.3) is 0 Å².